The van der Waals surface area contributed by atoms with Gasteiger partial charge in [-0.3, -0.25) is 4.90 Å². The van der Waals surface area contributed by atoms with E-state index in [-0.39, 0.29) is 29.3 Å². The van der Waals surface area contributed by atoms with Gasteiger partial charge in [0.05, 0.1) is 11.3 Å². The van der Waals surface area contributed by atoms with Crippen molar-refractivity contribution in [3.05, 3.63) is 59.2 Å². The zero-order valence-corrected chi connectivity index (χ0v) is 17.0. The molecule has 0 aliphatic carbocycles. The van der Waals surface area contributed by atoms with E-state index >= 15 is 0 Å². The maximum atomic E-state index is 13.4. The van der Waals surface area contributed by atoms with Gasteiger partial charge in [0.25, 0.3) is 12.2 Å². The lowest BCUT2D eigenvalue weighted by molar-refractivity contribution is -0.137. The van der Waals surface area contributed by atoms with Gasteiger partial charge in [-0.05, 0) is 49.6 Å². The molecule has 1 aliphatic rings. The smallest absolute Gasteiger partial charge is 0.296 e. The summed E-state index contributed by atoms with van der Waals surface area (Å²) in [5.41, 5.74) is 0.374. The minimum atomic E-state index is -4.37. The molecule has 10 heteroatoms. The third-order valence-electron chi connectivity index (χ3n) is 6.16. The van der Waals surface area contributed by atoms with Crippen molar-refractivity contribution >= 4 is 5.78 Å². The molecule has 5 nitrogen and oxygen atoms in total. The maximum Gasteiger partial charge on any atom is 0.416 e. The van der Waals surface area contributed by atoms with Crippen LogP contribution in [0.15, 0.2) is 36.7 Å². The lowest BCUT2D eigenvalue weighted by Gasteiger charge is -2.40. The number of alkyl halides is 5. The second-order valence-electron chi connectivity index (χ2n) is 8.04. The van der Waals surface area contributed by atoms with E-state index in [1.165, 1.54) is 29.0 Å². The van der Waals surface area contributed by atoms with Gasteiger partial charge in [-0.15, -0.1) is 0 Å². The van der Waals surface area contributed by atoms with Crippen molar-refractivity contribution in [3.8, 4) is 0 Å². The van der Waals surface area contributed by atoms with Gasteiger partial charge in [0, 0.05) is 18.5 Å². The Morgan fingerprint density at radius 1 is 1.13 bits per heavy atom. The number of halogens is 5. The van der Waals surface area contributed by atoms with Gasteiger partial charge in [0.2, 0.25) is 0 Å². The summed E-state index contributed by atoms with van der Waals surface area (Å²) in [6, 6.07) is 6.44. The number of nitrogens with zero attached hydrogens (tertiary/aromatic N) is 5. The van der Waals surface area contributed by atoms with Crippen LogP contribution in [-0.2, 0) is 6.18 Å². The van der Waals surface area contributed by atoms with Gasteiger partial charge in [-0.25, -0.2) is 18.3 Å². The van der Waals surface area contributed by atoms with E-state index in [0.29, 0.717) is 12.2 Å². The normalized spacial score (nSPS) is 21.7. The average molecular weight is 439 g/mol. The third-order valence-corrected chi connectivity index (χ3v) is 6.16. The van der Waals surface area contributed by atoms with Crippen molar-refractivity contribution in [1.29, 1.82) is 0 Å². The summed E-state index contributed by atoms with van der Waals surface area (Å²) in [5, 5.41) is 4.16. The summed E-state index contributed by atoms with van der Waals surface area (Å²) in [6.07, 6.45) is -4.99. The van der Waals surface area contributed by atoms with Crippen LogP contribution >= 0.6 is 0 Å². The van der Waals surface area contributed by atoms with E-state index in [1.54, 1.807) is 0 Å². The van der Waals surface area contributed by atoms with Crippen molar-refractivity contribution in [2.75, 3.05) is 13.1 Å². The molecule has 2 unspecified atom stereocenters. The SMILES string of the molecule is CC(c1ccc(C(F)(F)F)cc1)N1CC[C@@H](C)C(c2cc(C(F)F)nc3ncnn23)C1. The first-order valence-electron chi connectivity index (χ1n) is 10.0. The van der Waals surface area contributed by atoms with Gasteiger partial charge in [-0.1, -0.05) is 19.1 Å². The van der Waals surface area contributed by atoms with E-state index in [2.05, 4.69) is 26.9 Å². The van der Waals surface area contributed by atoms with Crippen LogP contribution in [0.25, 0.3) is 5.78 Å². The van der Waals surface area contributed by atoms with Crippen LogP contribution in [-0.4, -0.2) is 37.6 Å². The summed E-state index contributed by atoms with van der Waals surface area (Å²) in [7, 11) is 0. The number of hydrogen-bond acceptors (Lipinski definition) is 4. The second kappa shape index (κ2) is 8.14. The lowest BCUT2D eigenvalue weighted by Crippen LogP contribution is -2.40. The Kier molecular flexibility index (Phi) is 5.67. The molecular weight excluding hydrogens is 417 g/mol. The molecule has 4 rings (SSSR count). The van der Waals surface area contributed by atoms with E-state index in [4.69, 9.17) is 0 Å². The molecule has 1 fully saturated rings. The first-order valence-corrected chi connectivity index (χ1v) is 10.0. The molecule has 1 aromatic carbocycles. The monoisotopic (exact) mass is 439 g/mol. The Morgan fingerprint density at radius 2 is 1.84 bits per heavy atom. The highest BCUT2D eigenvalue weighted by atomic mass is 19.4. The standard InChI is InChI=1S/C21H22F5N5/c1-12-7-8-30(13(2)14-3-5-15(6-4-14)21(24,25)26)10-16(12)18-9-17(19(22)23)29-20-27-11-28-31(18)20/h3-6,9,11-13,16,19H,7-8,10H2,1-2H3/t12-,13?,16?/m1/s1. The van der Waals surface area contributed by atoms with Crippen LogP contribution in [0.4, 0.5) is 22.0 Å². The van der Waals surface area contributed by atoms with E-state index in [0.717, 1.165) is 30.7 Å². The number of aromatic nitrogens is 4. The van der Waals surface area contributed by atoms with Crippen molar-refractivity contribution < 1.29 is 22.0 Å². The van der Waals surface area contributed by atoms with Gasteiger partial charge in [0.15, 0.2) is 0 Å². The van der Waals surface area contributed by atoms with E-state index in [9.17, 15) is 22.0 Å². The molecule has 0 bridgehead atoms. The van der Waals surface area contributed by atoms with Crippen LogP contribution in [0.1, 0.15) is 61.2 Å². The molecule has 31 heavy (non-hydrogen) atoms. The molecule has 1 saturated heterocycles. The highest BCUT2D eigenvalue weighted by Crippen LogP contribution is 2.37. The maximum absolute atomic E-state index is 13.4. The highest BCUT2D eigenvalue weighted by molar-refractivity contribution is 5.33. The fraction of sp³-hybridized carbons (Fsp3) is 0.476. The Labute approximate surface area is 175 Å². The lowest BCUT2D eigenvalue weighted by atomic mass is 9.83. The quantitative estimate of drug-likeness (QED) is 0.520. The van der Waals surface area contributed by atoms with Crippen LogP contribution < -0.4 is 0 Å². The summed E-state index contributed by atoms with van der Waals surface area (Å²) in [5.74, 6) is 0.236. The highest BCUT2D eigenvalue weighted by Gasteiger charge is 2.34. The van der Waals surface area contributed by atoms with Crippen LogP contribution in [0.3, 0.4) is 0 Å². The first kappa shape index (κ1) is 21.6. The minimum Gasteiger partial charge on any atom is -0.296 e. The van der Waals surface area contributed by atoms with Crippen molar-refractivity contribution in [2.45, 2.75) is 44.8 Å². The number of piperidine rings is 1. The Hall–Kier alpha value is -2.62. The zero-order chi connectivity index (χ0) is 22.3. The molecule has 3 heterocycles. The predicted octanol–water partition coefficient (Wildman–Crippen LogP) is 5.27. The summed E-state index contributed by atoms with van der Waals surface area (Å²) >= 11 is 0. The fourth-order valence-corrected chi connectivity index (χ4v) is 4.22. The van der Waals surface area contributed by atoms with Crippen LogP contribution in [0.5, 0.6) is 0 Å². The van der Waals surface area contributed by atoms with Gasteiger partial charge in [0.1, 0.15) is 12.0 Å². The second-order valence-corrected chi connectivity index (χ2v) is 8.04. The van der Waals surface area contributed by atoms with Crippen molar-refractivity contribution in [3.63, 3.8) is 0 Å². The van der Waals surface area contributed by atoms with Crippen LogP contribution in [0, 0.1) is 5.92 Å². The zero-order valence-electron chi connectivity index (χ0n) is 17.0. The molecule has 2 aromatic heterocycles. The average Bonchev–Trinajstić information content (AvgIpc) is 3.21. The van der Waals surface area contributed by atoms with E-state index in [1.807, 2.05) is 6.92 Å². The number of hydrogen-bond donors (Lipinski definition) is 0. The molecule has 0 N–H and O–H groups in total. The summed E-state index contributed by atoms with van der Waals surface area (Å²) < 4.78 is 66.9. The largest absolute Gasteiger partial charge is 0.416 e. The summed E-state index contributed by atoms with van der Waals surface area (Å²) in [4.78, 5) is 10.0. The minimum absolute atomic E-state index is 0.102. The third kappa shape index (κ3) is 4.26. The topological polar surface area (TPSA) is 46.3 Å². The molecule has 3 aromatic rings. The number of benzene rings is 1. The Balaban J connectivity index is 1.62. The number of likely N-dealkylation sites (tertiary alicyclic amines) is 1. The van der Waals surface area contributed by atoms with Crippen molar-refractivity contribution in [1.82, 2.24) is 24.5 Å². The first-order chi connectivity index (χ1) is 14.6. The van der Waals surface area contributed by atoms with Gasteiger partial charge < -0.3 is 0 Å². The predicted molar refractivity (Wildman–Crippen MR) is 104 cm³/mol. The number of rotatable bonds is 4. The number of fused-ring (bicyclic) bond motifs is 1. The van der Waals surface area contributed by atoms with Crippen molar-refractivity contribution in [2.24, 2.45) is 5.92 Å². The van der Waals surface area contributed by atoms with Gasteiger partial charge >= 0.3 is 6.18 Å². The van der Waals surface area contributed by atoms with Crippen LogP contribution in [0.2, 0.25) is 0 Å². The molecule has 0 spiro atoms. The Bertz CT molecular complexity index is 1050. The fourth-order valence-electron chi connectivity index (χ4n) is 4.22. The summed E-state index contributed by atoms with van der Waals surface area (Å²) in [6.45, 7) is 5.33. The molecule has 0 saturated carbocycles. The Morgan fingerprint density at radius 3 is 2.48 bits per heavy atom. The van der Waals surface area contributed by atoms with E-state index < -0.39 is 18.2 Å². The van der Waals surface area contributed by atoms with Gasteiger partial charge in [-0.2, -0.15) is 23.3 Å². The molecule has 0 radical (unpaired) electrons. The molecule has 166 valence electrons. The molecular formula is C21H22F5N5. The molecule has 3 atom stereocenters. The molecule has 1 aliphatic heterocycles. The molecule has 0 amide bonds.